The Morgan fingerprint density at radius 1 is 1.48 bits per heavy atom. The number of rotatable bonds is 2. The Hall–Kier alpha value is -2.26. The second-order valence-corrected chi connectivity index (χ2v) is 5.27. The van der Waals surface area contributed by atoms with Crippen molar-refractivity contribution in [3.63, 3.8) is 0 Å². The Kier molecular flexibility index (Phi) is 4.66. The predicted molar refractivity (Wildman–Crippen MR) is 77.1 cm³/mol. The van der Waals surface area contributed by atoms with Gasteiger partial charge < -0.3 is 15.3 Å². The van der Waals surface area contributed by atoms with Crippen LogP contribution in [0.2, 0.25) is 5.02 Å². The molecule has 21 heavy (non-hydrogen) atoms. The van der Waals surface area contributed by atoms with Gasteiger partial charge in [0, 0.05) is 13.1 Å². The van der Waals surface area contributed by atoms with Crippen LogP contribution in [0.25, 0.3) is 0 Å². The van der Waals surface area contributed by atoms with E-state index in [9.17, 15) is 9.59 Å². The van der Waals surface area contributed by atoms with Crippen LogP contribution in [0.3, 0.4) is 0 Å². The summed E-state index contributed by atoms with van der Waals surface area (Å²) in [4.78, 5) is 24.6. The summed E-state index contributed by atoms with van der Waals surface area (Å²) >= 11 is 5.98. The van der Waals surface area contributed by atoms with Crippen LogP contribution >= 0.6 is 11.6 Å². The van der Waals surface area contributed by atoms with E-state index in [1.54, 1.807) is 6.07 Å². The van der Waals surface area contributed by atoms with E-state index >= 15 is 0 Å². The van der Waals surface area contributed by atoms with Crippen molar-refractivity contribution in [3.8, 4) is 6.07 Å². The molecule has 1 heterocycles. The number of urea groups is 1. The van der Waals surface area contributed by atoms with Crippen LogP contribution in [0.4, 0.5) is 10.5 Å². The highest BCUT2D eigenvalue weighted by Crippen LogP contribution is 2.24. The van der Waals surface area contributed by atoms with Crippen molar-refractivity contribution >= 4 is 29.3 Å². The van der Waals surface area contributed by atoms with E-state index in [2.05, 4.69) is 5.32 Å². The van der Waals surface area contributed by atoms with Gasteiger partial charge in [-0.15, -0.1) is 0 Å². The number of anilines is 1. The molecule has 1 saturated heterocycles. The molecule has 0 bridgehead atoms. The molecule has 1 aromatic rings. The molecule has 0 radical (unpaired) electrons. The molecule has 1 fully saturated rings. The lowest BCUT2D eigenvalue weighted by Crippen LogP contribution is -2.44. The highest BCUT2D eigenvalue weighted by molar-refractivity contribution is 6.33. The van der Waals surface area contributed by atoms with Gasteiger partial charge in [-0.1, -0.05) is 11.6 Å². The number of benzene rings is 1. The van der Waals surface area contributed by atoms with Crippen molar-refractivity contribution in [2.24, 2.45) is 5.92 Å². The summed E-state index contributed by atoms with van der Waals surface area (Å²) in [6, 6.07) is 6.14. The molecule has 1 aliphatic heterocycles. The van der Waals surface area contributed by atoms with E-state index in [1.807, 2.05) is 6.07 Å². The highest BCUT2D eigenvalue weighted by atomic mass is 35.5. The first kappa shape index (κ1) is 15.1. The average molecular weight is 308 g/mol. The molecule has 0 spiro atoms. The summed E-state index contributed by atoms with van der Waals surface area (Å²) in [5.41, 5.74) is 0.731. The molecular formula is C14H14ClN3O3. The van der Waals surface area contributed by atoms with Crippen molar-refractivity contribution in [1.29, 1.82) is 5.26 Å². The van der Waals surface area contributed by atoms with Crippen LogP contribution in [0.15, 0.2) is 18.2 Å². The van der Waals surface area contributed by atoms with Crippen LogP contribution in [0, 0.1) is 17.2 Å². The number of amides is 2. The molecule has 7 heteroatoms. The molecule has 0 aliphatic carbocycles. The van der Waals surface area contributed by atoms with E-state index in [-0.39, 0.29) is 6.54 Å². The predicted octanol–water partition coefficient (Wildman–Crippen LogP) is 2.54. The lowest BCUT2D eigenvalue weighted by Gasteiger charge is -2.30. The summed E-state index contributed by atoms with van der Waals surface area (Å²) in [6.07, 6.45) is 1.22. The van der Waals surface area contributed by atoms with Gasteiger partial charge in [0.2, 0.25) is 0 Å². The average Bonchev–Trinajstić information content (AvgIpc) is 2.49. The number of hydrogen-bond donors (Lipinski definition) is 2. The minimum Gasteiger partial charge on any atom is -0.481 e. The van der Waals surface area contributed by atoms with Gasteiger partial charge in [0.1, 0.15) is 0 Å². The molecule has 6 nitrogen and oxygen atoms in total. The first-order valence-electron chi connectivity index (χ1n) is 6.49. The van der Waals surface area contributed by atoms with Crippen LogP contribution in [-0.4, -0.2) is 35.1 Å². The second kappa shape index (κ2) is 6.46. The molecule has 1 unspecified atom stereocenters. The fraction of sp³-hybridized carbons (Fsp3) is 0.357. The molecule has 1 aliphatic rings. The van der Waals surface area contributed by atoms with Crippen molar-refractivity contribution in [2.75, 3.05) is 18.4 Å². The van der Waals surface area contributed by atoms with Crippen LogP contribution < -0.4 is 5.32 Å². The summed E-state index contributed by atoms with van der Waals surface area (Å²) in [7, 11) is 0. The van der Waals surface area contributed by atoms with Crippen molar-refractivity contribution < 1.29 is 14.7 Å². The minimum atomic E-state index is -0.892. The first-order chi connectivity index (χ1) is 10.0. The van der Waals surface area contributed by atoms with E-state index in [1.165, 1.54) is 17.0 Å². The number of aliphatic carboxylic acids is 1. The number of nitriles is 1. The van der Waals surface area contributed by atoms with Crippen LogP contribution in [-0.2, 0) is 4.79 Å². The van der Waals surface area contributed by atoms with Gasteiger partial charge in [-0.3, -0.25) is 4.79 Å². The Labute approximate surface area is 126 Å². The van der Waals surface area contributed by atoms with Crippen molar-refractivity contribution in [3.05, 3.63) is 28.8 Å². The van der Waals surface area contributed by atoms with Gasteiger partial charge in [-0.05, 0) is 31.0 Å². The number of carboxylic acid groups (broad SMARTS) is 1. The molecule has 0 aromatic heterocycles. The van der Waals surface area contributed by atoms with Crippen LogP contribution in [0.1, 0.15) is 18.4 Å². The third-order valence-corrected chi connectivity index (χ3v) is 3.72. The smallest absolute Gasteiger partial charge is 0.321 e. The van der Waals surface area contributed by atoms with E-state index in [4.69, 9.17) is 22.0 Å². The minimum absolute atomic E-state index is 0.177. The number of carbonyl (C=O) groups excluding carboxylic acids is 1. The Morgan fingerprint density at radius 2 is 2.24 bits per heavy atom. The number of likely N-dealkylation sites (tertiary alicyclic amines) is 1. The SMILES string of the molecule is N#Cc1ccc(Cl)c(NC(=O)N2CCCC(C(=O)O)C2)c1. The molecule has 0 saturated carbocycles. The van der Waals surface area contributed by atoms with Crippen molar-refractivity contribution in [2.45, 2.75) is 12.8 Å². The molecule has 110 valence electrons. The number of halogens is 1. The van der Waals surface area contributed by atoms with E-state index < -0.39 is 17.9 Å². The lowest BCUT2D eigenvalue weighted by molar-refractivity contribution is -0.143. The summed E-state index contributed by atoms with van der Waals surface area (Å²) in [5.74, 6) is -1.43. The zero-order chi connectivity index (χ0) is 15.4. The maximum Gasteiger partial charge on any atom is 0.321 e. The van der Waals surface area contributed by atoms with Gasteiger partial charge in [0.25, 0.3) is 0 Å². The number of piperidine rings is 1. The monoisotopic (exact) mass is 307 g/mol. The topological polar surface area (TPSA) is 93.4 Å². The zero-order valence-electron chi connectivity index (χ0n) is 11.2. The molecule has 2 N–H and O–H groups in total. The number of carboxylic acids is 1. The Balaban J connectivity index is 2.08. The quantitative estimate of drug-likeness (QED) is 0.878. The summed E-state index contributed by atoms with van der Waals surface area (Å²) in [5, 5.41) is 20.8. The Bertz CT molecular complexity index is 612. The maximum absolute atomic E-state index is 12.2. The molecule has 2 amide bonds. The van der Waals surface area contributed by atoms with Gasteiger partial charge in [-0.25, -0.2) is 4.79 Å². The lowest BCUT2D eigenvalue weighted by atomic mass is 9.99. The molecule has 1 aromatic carbocycles. The fourth-order valence-electron chi connectivity index (χ4n) is 2.25. The molecule has 2 rings (SSSR count). The third kappa shape index (κ3) is 3.64. The van der Waals surface area contributed by atoms with Gasteiger partial charge in [0.15, 0.2) is 0 Å². The third-order valence-electron chi connectivity index (χ3n) is 3.39. The van der Waals surface area contributed by atoms with Crippen molar-refractivity contribution in [1.82, 2.24) is 4.90 Å². The van der Waals surface area contributed by atoms with E-state index in [0.717, 1.165) is 0 Å². The van der Waals surface area contributed by atoms with E-state index in [0.29, 0.717) is 35.7 Å². The summed E-state index contributed by atoms with van der Waals surface area (Å²) in [6.45, 7) is 0.682. The first-order valence-corrected chi connectivity index (χ1v) is 6.87. The zero-order valence-corrected chi connectivity index (χ0v) is 11.9. The summed E-state index contributed by atoms with van der Waals surface area (Å²) < 4.78 is 0. The largest absolute Gasteiger partial charge is 0.481 e. The number of carbonyl (C=O) groups is 2. The number of nitrogens with zero attached hydrogens (tertiary/aromatic N) is 2. The Morgan fingerprint density at radius 3 is 2.90 bits per heavy atom. The normalized spacial score (nSPS) is 17.9. The number of hydrogen-bond acceptors (Lipinski definition) is 3. The van der Waals surface area contributed by atoms with Crippen LogP contribution in [0.5, 0.6) is 0 Å². The molecular weight excluding hydrogens is 294 g/mol. The van der Waals surface area contributed by atoms with Gasteiger partial charge >= 0.3 is 12.0 Å². The fourth-order valence-corrected chi connectivity index (χ4v) is 2.41. The molecule has 1 atom stereocenters. The highest BCUT2D eigenvalue weighted by Gasteiger charge is 2.28. The maximum atomic E-state index is 12.2. The van der Waals surface area contributed by atoms with Gasteiger partial charge in [0.05, 0.1) is 28.3 Å². The standard InChI is InChI=1S/C14H14ClN3O3/c15-11-4-3-9(7-16)6-12(11)17-14(21)18-5-1-2-10(8-18)13(19)20/h3-4,6,10H,1-2,5,8H2,(H,17,21)(H,19,20). The van der Waals surface area contributed by atoms with Gasteiger partial charge in [-0.2, -0.15) is 5.26 Å². The second-order valence-electron chi connectivity index (χ2n) is 4.86. The number of nitrogens with one attached hydrogen (secondary N) is 1.